The zero-order chi connectivity index (χ0) is 15.6. The van der Waals surface area contributed by atoms with Gasteiger partial charge in [-0.2, -0.15) is 0 Å². The second-order valence-electron chi connectivity index (χ2n) is 5.77. The van der Waals surface area contributed by atoms with Crippen LogP contribution in [0.5, 0.6) is 0 Å². The highest BCUT2D eigenvalue weighted by Crippen LogP contribution is 2.29. The molecule has 2 heteroatoms. The Kier molecular flexibility index (Phi) is 4.46. The molecule has 2 nitrogen and oxygen atoms in total. The van der Waals surface area contributed by atoms with Crippen molar-refractivity contribution < 1.29 is 4.79 Å². The Balaban J connectivity index is 2.60. The third-order valence-corrected chi connectivity index (χ3v) is 3.48. The number of aryl methyl sites for hydroxylation is 4. The molecule has 0 spiro atoms. The van der Waals surface area contributed by atoms with Crippen LogP contribution >= 0.6 is 0 Å². The summed E-state index contributed by atoms with van der Waals surface area (Å²) in [5, 5.41) is 0. The van der Waals surface area contributed by atoms with Gasteiger partial charge in [-0.25, -0.2) is 0 Å². The summed E-state index contributed by atoms with van der Waals surface area (Å²) in [5.41, 5.74) is 6.58. The molecule has 0 aliphatic carbocycles. The van der Waals surface area contributed by atoms with Crippen molar-refractivity contribution in [2.24, 2.45) is 0 Å². The van der Waals surface area contributed by atoms with Crippen LogP contribution in [0.1, 0.15) is 35.6 Å². The van der Waals surface area contributed by atoms with Gasteiger partial charge in [-0.3, -0.25) is 9.69 Å². The number of carbonyl (C=O) groups is 1. The fourth-order valence-corrected chi connectivity index (χ4v) is 2.75. The summed E-state index contributed by atoms with van der Waals surface area (Å²) in [6.07, 6.45) is 0.486. The number of nitrogens with zero attached hydrogens (tertiary/aromatic N) is 1. The predicted octanol–water partition coefficient (Wildman–Crippen LogP) is 4.99. The van der Waals surface area contributed by atoms with Crippen LogP contribution in [0.4, 0.5) is 11.4 Å². The minimum Gasteiger partial charge on any atom is -0.281 e. The van der Waals surface area contributed by atoms with Gasteiger partial charge in [0.2, 0.25) is 5.91 Å². The van der Waals surface area contributed by atoms with E-state index in [9.17, 15) is 4.79 Å². The zero-order valence-corrected chi connectivity index (χ0v) is 13.5. The van der Waals surface area contributed by atoms with Crippen LogP contribution in [-0.2, 0) is 4.79 Å². The fourth-order valence-electron chi connectivity index (χ4n) is 2.75. The van der Waals surface area contributed by atoms with E-state index in [2.05, 4.69) is 64.1 Å². The van der Waals surface area contributed by atoms with E-state index in [4.69, 9.17) is 0 Å². The molecule has 2 aromatic rings. The van der Waals surface area contributed by atoms with E-state index >= 15 is 0 Å². The molecule has 2 rings (SSSR count). The topological polar surface area (TPSA) is 20.3 Å². The summed E-state index contributed by atoms with van der Waals surface area (Å²) >= 11 is 0. The number of anilines is 2. The number of amides is 1. The van der Waals surface area contributed by atoms with Crippen molar-refractivity contribution in [1.82, 2.24) is 0 Å². The molecule has 0 bridgehead atoms. The number of carbonyl (C=O) groups excluding carboxylic acids is 1. The Labute approximate surface area is 127 Å². The van der Waals surface area contributed by atoms with E-state index in [-0.39, 0.29) is 5.91 Å². The summed E-state index contributed by atoms with van der Waals surface area (Å²) in [6.45, 7) is 10.2. The summed E-state index contributed by atoms with van der Waals surface area (Å²) in [5.74, 6) is 0.116. The summed E-state index contributed by atoms with van der Waals surface area (Å²) < 4.78 is 0. The van der Waals surface area contributed by atoms with E-state index in [1.165, 1.54) is 22.3 Å². The van der Waals surface area contributed by atoms with Gasteiger partial charge in [0, 0.05) is 17.8 Å². The van der Waals surface area contributed by atoms with Crippen LogP contribution in [0.2, 0.25) is 0 Å². The molecule has 0 fully saturated rings. The lowest BCUT2D eigenvalue weighted by atomic mass is 10.1. The van der Waals surface area contributed by atoms with Gasteiger partial charge in [0.25, 0.3) is 0 Å². The van der Waals surface area contributed by atoms with Gasteiger partial charge < -0.3 is 0 Å². The molecule has 2 aromatic carbocycles. The van der Waals surface area contributed by atoms with E-state index in [1.807, 2.05) is 11.8 Å². The molecule has 110 valence electrons. The maximum Gasteiger partial charge on any atom is 0.231 e. The van der Waals surface area contributed by atoms with E-state index in [0.29, 0.717) is 6.42 Å². The first-order valence-corrected chi connectivity index (χ1v) is 7.40. The van der Waals surface area contributed by atoms with E-state index in [1.54, 1.807) is 0 Å². The summed E-state index contributed by atoms with van der Waals surface area (Å²) in [4.78, 5) is 14.3. The van der Waals surface area contributed by atoms with E-state index < -0.39 is 0 Å². The van der Waals surface area contributed by atoms with Crippen molar-refractivity contribution in [3.05, 3.63) is 58.7 Å². The average Bonchev–Trinajstić information content (AvgIpc) is 2.36. The second kappa shape index (κ2) is 6.13. The smallest absolute Gasteiger partial charge is 0.231 e. The lowest BCUT2D eigenvalue weighted by Gasteiger charge is -2.24. The van der Waals surface area contributed by atoms with Gasteiger partial charge in [-0.15, -0.1) is 0 Å². The Bertz CT molecular complexity index is 581. The second-order valence-corrected chi connectivity index (χ2v) is 5.77. The molecule has 0 aromatic heterocycles. The average molecular weight is 281 g/mol. The van der Waals surface area contributed by atoms with Gasteiger partial charge in [0.15, 0.2) is 0 Å². The third kappa shape index (κ3) is 3.52. The number of hydrogen-bond acceptors (Lipinski definition) is 1. The first-order valence-electron chi connectivity index (χ1n) is 7.40. The number of benzene rings is 2. The van der Waals surface area contributed by atoms with Crippen molar-refractivity contribution in [1.29, 1.82) is 0 Å². The summed E-state index contributed by atoms with van der Waals surface area (Å²) in [7, 11) is 0. The molecule has 0 aliphatic rings. The molecule has 0 heterocycles. The maximum absolute atomic E-state index is 12.5. The molecule has 0 N–H and O–H groups in total. The minimum absolute atomic E-state index is 0.116. The van der Waals surface area contributed by atoms with Gasteiger partial charge in [-0.05, 0) is 74.2 Å². The van der Waals surface area contributed by atoms with Crippen LogP contribution in [-0.4, -0.2) is 5.91 Å². The van der Waals surface area contributed by atoms with Crippen LogP contribution in [0, 0.1) is 27.7 Å². The van der Waals surface area contributed by atoms with Crippen molar-refractivity contribution in [3.8, 4) is 0 Å². The molecule has 0 unspecified atom stereocenters. The van der Waals surface area contributed by atoms with E-state index in [0.717, 1.165) is 11.4 Å². The molecule has 0 aliphatic heterocycles. The monoisotopic (exact) mass is 281 g/mol. The zero-order valence-electron chi connectivity index (χ0n) is 13.5. The largest absolute Gasteiger partial charge is 0.281 e. The highest BCUT2D eigenvalue weighted by molar-refractivity contribution is 6.00. The van der Waals surface area contributed by atoms with Crippen LogP contribution < -0.4 is 4.90 Å². The van der Waals surface area contributed by atoms with Gasteiger partial charge in [0.05, 0.1) is 0 Å². The van der Waals surface area contributed by atoms with Gasteiger partial charge in [0.1, 0.15) is 0 Å². The van der Waals surface area contributed by atoms with Crippen LogP contribution in [0.15, 0.2) is 36.4 Å². The first kappa shape index (κ1) is 15.3. The lowest BCUT2D eigenvalue weighted by Crippen LogP contribution is -2.25. The number of rotatable bonds is 3. The predicted molar refractivity (Wildman–Crippen MR) is 89.3 cm³/mol. The van der Waals surface area contributed by atoms with Crippen molar-refractivity contribution in [2.75, 3.05) is 4.90 Å². The van der Waals surface area contributed by atoms with Crippen LogP contribution in [0.3, 0.4) is 0 Å². The molecule has 21 heavy (non-hydrogen) atoms. The molecule has 0 saturated carbocycles. The molecular weight excluding hydrogens is 258 g/mol. The highest BCUT2D eigenvalue weighted by Gasteiger charge is 2.17. The van der Waals surface area contributed by atoms with Crippen molar-refractivity contribution >= 4 is 17.3 Å². The van der Waals surface area contributed by atoms with Crippen molar-refractivity contribution in [3.63, 3.8) is 0 Å². The Hall–Kier alpha value is -2.09. The van der Waals surface area contributed by atoms with Crippen LogP contribution in [0.25, 0.3) is 0 Å². The first-order chi connectivity index (χ1) is 9.90. The van der Waals surface area contributed by atoms with Crippen molar-refractivity contribution in [2.45, 2.75) is 41.0 Å². The molecule has 0 saturated heterocycles. The highest BCUT2D eigenvalue weighted by atomic mass is 16.2. The molecular formula is C19H23NO. The number of hydrogen-bond donors (Lipinski definition) is 0. The normalized spacial score (nSPS) is 10.5. The van der Waals surface area contributed by atoms with Gasteiger partial charge in [-0.1, -0.05) is 19.1 Å². The molecule has 1 amide bonds. The third-order valence-electron chi connectivity index (χ3n) is 3.48. The minimum atomic E-state index is 0.116. The molecule has 0 atom stereocenters. The summed E-state index contributed by atoms with van der Waals surface area (Å²) in [6, 6.07) is 12.5. The Morgan fingerprint density at radius 1 is 0.762 bits per heavy atom. The Morgan fingerprint density at radius 3 is 1.38 bits per heavy atom. The Morgan fingerprint density at radius 2 is 1.10 bits per heavy atom. The quantitative estimate of drug-likeness (QED) is 0.775. The SMILES string of the molecule is CCC(=O)N(c1cc(C)cc(C)c1)c1cc(C)cc(C)c1. The lowest BCUT2D eigenvalue weighted by molar-refractivity contribution is -0.117. The molecule has 0 radical (unpaired) electrons. The fraction of sp³-hybridized carbons (Fsp3) is 0.316. The standard InChI is InChI=1S/C19H23NO/c1-6-19(21)20(17-9-13(2)7-14(3)10-17)18-11-15(4)8-16(5)12-18/h7-12H,6H2,1-5H3. The van der Waals surface area contributed by atoms with Gasteiger partial charge >= 0.3 is 0 Å². The maximum atomic E-state index is 12.5.